The molecule has 2 aromatic carbocycles. The summed E-state index contributed by atoms with van der Waals surface area (Å²) in [6.45, 7) is 2.00. The molecule has 1 aliphatic rings. The van der Waals surface area contributed by atoms with Crippen LogP contribution in [0, 0.1) is 17.0 Å². The minimum absolute atomic E-state index is 0.0645. The average Bonchev–Trinajstić information content (AvgIpc) is 3.09. The first-order chi connectivity index (χ1) is 13.0. The molecule has 27 heavy (non-hydrogen) atoms. The third-order valence-electron chi connectivity index (χ3n) is 4.81. The quantitative estimate of drug-likeness (QED) is 0.524. The fourth-order valence-corrected chi connectivity index (χ4v) is 3.47. The van der Waals surface area contributed by atoms with Crippen molar-refractivity contribution >= 4 is 28.1 Å². The van der Waals surface area contributed by atoms with E-state index in [9.17, 15) is 19.7 Å². The molecule has 136 valence electrons. The van der Waals surface area contributed by atoms with Gasteiger partial charge in [-0.05, 0) is 25.0 Å². The van der Waals surface area contributed by atoms with Crippen molar-refractivity contribution in [3.8, 4) is 0 Å². The third-order valence-corrected chi connectivity index (χ3v) is 4.81. The smallest absolute Gasteiger partial charge is 0.275 e. The Balaban J connectivity index is 1.68. The topological polar surface area (TPSA) is 98.3 Å². The zero-order valence-electron chi connectivity index (χ0n) is 14.6. The second-order valence-electron chi connectivity index (χ2n) is 6.46. The van der Waals surface area contributed by atoms with Gasteiger partial charge in [0.25, 0.3) is 11.2 Å². The van der Waals surface area contributed by atoms with E-state index in [0.717, 1.165) is 15.6 Å². The van der Waals surface area contributed by atoms with Gasteiger partial charge in [-0.3, -0.25) is 19.7 Å². The van der Waals surface area contributed by atoms with Crippen LogP contribution in [-0.2, 0) is 17.8 Å². The van der Waals surface area contributed by atoms with Crippen LogP contribution in [0.25, 0.3) is 10.8 Å². The molecule has 0 unspecified atom stereocenters. The highest BCUT2D eigenvalue weighted by Crippen LogP contribution is 2.31. The van der Waals surface area contributed by atoms with Gasteiger partial charge in [0.15, 0.2) is 0 Å². The first-order valence-corrected chi connectivity index (χ1v) is 8.50. The minimum atomic E-state index is -0.486. The van der Waals surface area contributed by atoms with E-state index in [1.165, 1.54) is 17.0 Å². The normalized spacial score (nSPS) is 13.0. The van der Waals surface area contributed by atoms with Crippen molar-refractivity contribution in [3.63, 3.8) is 0 Å². The van der Waals surface area contributed by atoms with Gasteiger partial charge in [0.1, 0.15) is 6.54 Å². The number of hydrogen-bond acceptors (Lipinski definition) is 5. The first-order valence-electron chi connectivity index (χ1n) is 8.50. The lowest BCUT2D eigenvalue weighted by Crippen LogP contribution is -2.36. The number of amides is 1. The summed E-state index contributed by atoms with van der Waals surface area (Å²) in [6, 6.07) is 11.6. The number of non-ortho nitro benzene ring substituents is 1. The van der Waals surface area contributed by atoms with Gasteiger partial charge < -0.3 is 4.90 Å². The standard InChI is InChI=1S/C19H16N4O4/c1-12-15-4-2-3-5-16(15)19(25)22(20-12)11-18(24)21-9-8-13-6-7-14(23(26)27)10-17(13)21/h2-7,10H,8-9,11H2,1H3. The van der Waals surface area contributed by atoms with E-state index in [-0.39, 0.29) is 23.7 Å². The van der Waals surface area contributed by atoms with Crippen molar-refractivity contribution in [2.75, 3.05) is 11.4 Å². The molecule has 0 saturated heterocycles. The van der Waals surface area contributed by atoms with Crippen LogP contribution in [0.5, 0.6) is 0 Å². The van der Waals surface area contributed by atoms with Gasteiger partial charge in [0, 0.05) is 24.1 Å². The van der Waals surface area contributed by atoms with E-state index in [4.69, 9.17) is 0 Å². The molecular weight excluding hydrogens is 348 g/mol. The Labute approximate surface area is 153 Å². The Morgan fingerprint density at radius 1 is 1.22 bits per heavy atom. The molecule has 2 heterocycles. The highest BCUT2D eigenvalue weighted by atomic mass is 16.6. The first kappa shape index (κ1) is 16.9. The van der Waals surface area contributed by atoms with Crippen molar-refractivity contribution < 1.29 is 9.72 Å². The van der Waals surface area contributed by atoms with Gasteiger partial charge in [-0.1, -0.05) is 24.3 Å². The summed E-state index contributed by atoms with van der Waals surface area (Å²) in [6.07, 6.45) is 0.623. The maximum Gasteiger partial charge on any atom is 0.275 e. The molecule has 1 aliphatic heterocycles. The van der Waals surface area contributed by atoms with Gasteiger partial charge in [-0.15, -0.1) is 0 Å². The van der Waals surface area contributed by atoms with Crippen LogP contribution < -0.4 is 10.5 Å². The number of nitro benzene ring substituents is 1. The lowest BCUT2D eigenvalue weighted by molar-refractivity contribution is -0.384. The van der Waals surface area contributed by atoms with Crippen molar-refractivity contribution in [1.29, 1.82) is 0 Å². The van der Waals surface area contributed by atoms with Gasteiger partial charge in [-0.25, -0.2) is 4.68 Å². The Hall–Kier alpha value is -3.55. The lowest BCUT2D eigenvalue weighted by Gasteiger charge is -2.18. The van der Waals surface area contributed by atoms with E-state index in [2.05, 4.69) is 5.10 Å². The van der Waals surface area contributed by atoms with Crippen molar-refractivity contribution in [2.24, 2.45) is 0 Å². The number of aromatic nitrogens is 2. The van der Waals surface area contributed by atoms with Crippen molar-refractivity contribution in [2.45, 2.75) is 19.9 Å². The zero-order chi connectivity index (χ0) is 19.1. The molecule has 4 rings (SSSR count). The van der Waals surface area contributed by atoms with Crippen LogP contribution in [0.1, 0.15) is 11.3 Å². The van der Waals surface area contributed by atoms with Gasteiger partial charge in [-0.2, -0.15) is 5.10 Å². The maximum absolute atomic E-state index is 12.8. The molecule has 0 spiro atoms. The maximum atomic E-state index is 12.8. The minimum Gasteiger partial charge on any atom is -0.310 e. The molecule has 0 saturated carbocycles. The summed E-state index contributed by atoms with van der Waals surface area (Å²) in [4.78, 5) is 37.5. The predicted molar refractivity (Wildman–Crippen MR) is 99.9 cm³/mol. The summed E-state index contributed by atoms with van der Waals surface area (Å²) in [5.74, 6) is -0.321. The highest BCUT2D eigenvalue weighted by Gasteiger charge is 2.27. The second kappa shape index (κ2) is 6.31. The Morgan fingerprint density at radius 3 is 2.70 bits per heavy atom. The number of fused-ring (bicyclic) bond motifs is 2. The lowest BCUT2D eigenvalue weighted by atomic mass is 10.1. The van der Waals surface area contributed by atoms with E-state index < -0.39 is 4.92 Å². The van der Waals surface area contributed by atoms with Gasteiger partial charge in [0.05, 0.1) is 21.7 Å². The second-order valence-corrected chi connectivity index (χ2v) is 6.46. The molecule has 0 fully saturated rings. The molecule has 8 nitrogen and oxygen atoms in total. The summed E-state index contributed by atoms with van der Waals surface area (Å²) in [7, 11) is 0. The Kier molecular flexibility index (Phi) is 3.95. The zero-order valence-corrected chi connectivity index (χ0v) is 14.6. The van der Waals surface area contributed by atoms with Crippen LogP contribution in [0.2, 0.25) is 0 Å². The Morgan fingerprint density at radius 2 is 1.96 bits per heavy atom. The van der Waals surface area contributed by atoms with E-state index in [1.54, 1.807) is 25.1 Å². The molecule has 0 radical (unpaired) electrons. The van der Waals surface area contributed by atoms with Gasteiger partial charge in [0.2, 0.25) is 5.91 Å². The molecule has 0 atom stereocenters. The molecule has 8 heteroatoms. The number of carbonyl (C=O) groups is 1. The molecule has 0 aliphatic carbocycles. The number of rotatable bonds is 3. The number of hydrogen-bond donors (Lipinski definition) is 0. The van der Waals surface area contributed by atoms with Crippen LogP contribution in [0.15, 0.2) is 47.3 Å². The van der Waals surface area contributed by atoms with E-state index in [0.29, 0.717) is 29.7 Å². The fraction of sp³-hybridized carbons (Fsp3) is 0.211. The molecule has 0 bridgehead atoms. The average molecular weight is 364 g/mol. The van der Waals surface area contributed by atoms with Crippen LogP contribution in [0.4, 0.5) is 11.4 Å². The third kappa shape index (κ3) is 2.84. The van der Waals surface area contributed by atoms with E-state index >= 15 is 0 Å². The summed E-state index contributed by atoms with van der Waals surface area (Å²) in [5.41, 5.74) is 1.67. The fourth-order valence-electron chi connectivity index (χ4n) is 3.47. The number of nitrogens with zero attached hydrogens (tertiary/aromatic N) is 4. The van der Waals surface area contributed by atoms with Crippen molar-refractivity contribution in [3.05, 3.63) is 74.2 Å². The summed E-state index contributed by atoms with van der Waals surface area (Å²) < 4.78 is 1.16. The number of benzene rings is 2. The molecule has 1 amide bonds. The van der Waals surface area contributed by atoms with Crippen molar-refractivity contribution in [1.82, 2.24) is 9.78 Å². The SMILES string of the molecule is Cc1nn(CC(=O)N2CCc3ccc([N+](=O)[O-])cc32)c(=O)c2ccccc12. The summed E-state index contributed by atoms with van der Waals surface area (Å²) in [5, 5.41) is 16.6. The largest absolute Gasteiger partial charge is 0.310 e. The van der Waals surface area contributed by atoms with Crippen LogP contribution >= 0.6 is 0 Å². The number of nitro groups is 1. The monoisotopic (exact) mass is 364 g/mol. The Bertz CT molecular complexity index is 1150. The number of aryl methyl sites for hydroxylation is 1. The molecule has 1 aromatic heterocycles. The highest BCUT2D eigenvalue weighted by molar-refractivity contribution is 5.96. The number of carbonyl (C=O) groups excluding carboxylic acids is 1. The van der Waals surface area contributed by atoms with Gasteiger partial charge >= 0.3 is 0 Å². The van der Waals surface area contributed by atoms with Crippen LogP contribution in [-0.4, -0.2) is 27.2 Å². The molecule has 0 N–H and O–H groups in total. The van der Waals surface area contributed by atoms with E-state index in [1.807, 2.05) is 12.1 Å². The van der Waals surface area contributed by atoms with Crippen LogP contribution in [0.3, 0.4) is 0 Å². The number of anilines is 1. The summed E-state index contributed by atoms with van der Waals surface area (Å²) >= 11 is 0. The predicted octanol–water partition coefficient (Wildman–Crippen LogP) is 2.20. The molecular formula is C19H16N4O4. The molecule has 3 aromatic rings.